The van der Waals surface area contributed by atoms with Gasteiger partial charge in [0, 0.05) is 105 Å². The topological polar surface area (TPSA) is 761 Å². The third-order valence-corrected chi connectivity index (χ3v) is 35.0. The number of aromatic amines is 4. The molecular formula is C72H90N20O38P7S7-7. The number of carbonyl (C=O) groups is 1. The summed E-state index contributed by atoms with van der Waals surface area (Å²) in [6.07, 6.45) is -21.3. The number of nitrogens with two attached hydrogens (primary N) is 2. The van der Waals surface area contributed by atoms with E-state index in [1.54, 1.807) is 11.5 Å². The number of aryl methyl sites for hydroxylation is 4. The lowest BCUT2D eigenvalue weighted by atomic mass is 10.1. The number of hydrogen-bond acceptors (Lipinski definition) is 53. The van der Waals surface area contributed by atoms with Gasteiger partial charge in [0.05, 0.1) is 101 Å². The molecule has 8 aromatic heterocycles. The molecule has 10 N–H and O–H groups in total. The minimum absolute atomic E-state index is 0.00569. The van der Waals surface area contributed by atoms with Crippen LogP contribution in [0.25, 0.3) is 22.3 Å². The number of ether oxygens (including phenoxy) is 7. The molecule has 0 aliphatic carbocycles. The molecule has 0 saturated carbocycles. The molecule has 144 heavy (non-hydrogen) atoms. The molecule has 72 heteroatoms. The lowest BCUT2D eigenvalue weighted by Crippen LogP contribution is -2.51. The Morgan fingerprint density at radius 1 is 0.403 bits per heavy atom. The minimum Gasteiger partial charge on any atom is -0.780 e. The van der Waals surface area contributed by atoms with Crippen molar-refractivity contribution in [3.05, 3.63) is 167 Å². The van der Waals surface area contributed by atoms with Gasteiger partial charge in [0.2, 0.25) is 0 Å². The van der Waals surface area contributed by atoms with Crippen LogP contribution in [-0.2, 0) is 184 Å². The largest absolute Gasteiger partial charge is 0.780 e. The number of amides is 2. The van der Waals surface area contributed by atoms with Gasteiger partial charge in [0.15, 0.2) is 36.0 Å². The Balaban J connectivity index is 0.603. The number of rotatable bonds is 41. The van der Waals surface area contributed by atoms with E-state index >= 15 is 0 Å². The van der Waals surface area contributed by atoms with Crippen molar-refractivity contribution >= 4 is 170 Å². The molecule has 0 radical (unpaired) electrons. The summed E-state index contributed by atoms with van der Waals surface area (Å²) >= 11 is 37.8. The summed E-state index contributed by atoms with van der Waals surface area (Å²) in [6.45, 7) is -30.2. The van der Waals surface area contributed by atoms with E-state index in [1.165, 1.54) is 70.6 Å². The number of hydrogen-bond donors (Lipinski definition) is 8. The molecule has 8 aliphatic heterocycles. The maximum absolute atomic E-state index is 15.0. The number of anilines is 2. The summed E-state index contributed by atoms with van der Waals surface area (Å²) in [5.41, 5.74) is 6.39. The molecule has 7 fully saturated rings. The number of urea groups is 1. The zero-order chi connectivity index (χ0) is 104. The monoisotopic (exact) mass is 2280 g/mol. The van der Waals surface area contributed by atoms with E-state index in [1.807, 2.05) is 0 Å². The van der Waals surface area contributed by atoms with Gasteiger partial charge in [-0.3, -0.25) is 76.0 Å². The summed E-state index contributed by atoms with van der Waals surface area (Å²) in [5.74, 6) is 0.0735. The van der Waals surface area contributed by atoms with Crippen LogP contribution in [0, 0.1) is 27.7 Å². The molecule has 0 aromatic carbocycles. The number of nitrogens with zero attached hydrogens (tertiary/aromatic N) is 13. The first kappa shape index (κ1) is 110. The highest BCUT2D eigenvalue weighted by Crippen LogP contribution is 2.57. The Labute approximate surface area is 846 Å². The fourth-order valence-corrected chi connectivity index (χ4v) is 26.5. The molecule has 15 unspecified atom stereocenters. The molecule has 790 valence electrons. The maximum Gasteiger partial charge on any atom is 0.330 e. The number of carbonyl (C=O) groups excluding carboxylic acids is 1. The second-order valence-electron chi connectivity index (χ2n) is 33.8. The predicted molar refractivity (Wildman–Crippen MR) is 506 cm³/mol. The second kappa shape index (κ2) is 44.6. The van der Waals surface area contributed by atoms with Gasteiger partial charge in [-0.2, -0.15) is 0 Å². The highest BCUT2D eigenvalue weighted by Gasteiger charge is 2.50. The normalized spacial score (nSPS) is 30.8. The maximum atomic E-state index is 15.0. The minimum atomic E-state index is -5.09. The van der Waals surface area contributed by atoms with E-state index in [4.69, 9.17) is 191 Å². The van der Waals surface area contributed by atoms with Crippen LogP contribution in [0.15, 0.2) is 100 Å². The number of nitrogens with one attached hydrogen (secondary N) is 5. The standard InChI is InChI=1S/C72H97N20O38P7S7/c1-8-36-37(9-55(117-36)91-29-79-57-59(73)75-27-77-61(57)91)125-132(104,139)111-22-45-39(11-51(119-45)87-17-32(3)64(94)82-69(87)99)129-136(108,143)116-26-49-43(15-56(123-49)92-30-80-58-60(74)76-28-78-62(58)92)130-137(109,144)115-25-48-42(14-54(122-48)90-20-35(6)67(97)85-72(90)102)128-135(107,142)114-24-47-41(13-53(121-47)89-19-34(5)66(96)84-71(89)101)127-134(106,141)113-23-46-40(12-52(120-46)88-18-33(4)65(95)83-70(88)100)126-133(105,140)112-21-44-38(124-131(103,138)110-7)10-50(118-44)86-16-31(2)63(93)81-68(86)98/h16-20,27-30,36-56,63,93H,8-15,21-26H2,1-7H3,(H,81,98)(H,103,138)(H,104,139)(H,105,140)(H,106,141)(H,107,142)(H,108,143)(H,109,144)(H2,73,75,77)(H2,74,76,78)(H,82,94,99)(H,83,95,100)(H,84,96,101)(H,85,97,102)/p-7/t36-,37?,38?,39?,40?,41?,42?,43?,44-,45-,46-,47-,48-,49-,50-,51-,52-,53-,54-,55-,56-,63?,131?,132?,133?,134?,135?,136?,137?/m1/s1. The van der Waals surface area contributed by atoms with Crippen LogP contribution < -0.4 is 91.1 Å². The van der Waals surface area contributed by atoms with Crippen molar-refractivity contribution in [2.24, 2.45) is 0 Å². The Bertz CT molecular complexity index is 7120. The Hall–Kier alpha value is -6.21. The first-order valence-electron chi connectivity index (χ1n) is 43.3. The van der Waals surface area contributed by atoms with Crippen molar-refractivity contribution in [3.8, 4) is 0 Å². The fraction of sp³-hybridized carbons (Fsp3) is 0.597. The average Bonchev–Trinajstić information content (AvgIpc) is 1.60. The summed E-state index contributed by atoms with van der Waals surface area (Å²) in [5, 5.41) is 12.6. The molecular weight excluding hydrogens is 2190 g/mol. The zero-order valence-electron chi connectivity index (χ0n) is 75.8. The first-order chi connectivity index (χ1) is 67.8. The van der Waals surface area contributed by atoms with Crippen LogP contribution >= 0.6 is 47.1 Å². The molecule has 16 heterocycles. The highest BCUT2D eigenvalue weighted by molar-refractivity contribution is 8.32. The van der Waals surface area contributed by atoms with E-state index in [-0.39, 0.29) is 76.3 Å². The summed E-state index contributed by atoms with van der Waals surface area (Å²) in [7, 11) is 1.01. The van der Waals surface area contributed by atoms with Crippen molar-refractivity contribution in [1.29, 1.82) is 0 Å². The van der Waals surface area contributed by atoms with E-state index in [0.717, 1.165) is 55.2 Å². The molecule has 58 nitrogen and oxygen atoms in total. The van der Waals surface area contributed by atoms with E-state index in [0.29, 0.717) is 17.6 Å². The lowest BCUT2D eigenvalue weighted by molar-refractivity contribution is -0.221. The molecule has 0 bridgehead atoms. The van der Waals surface area contributed by atoms with Gasteiger partial charge >= 0.3 is 28.8 Å². The number of aliphatic hydroxyl groups excluding tert-OH is 1. The molecule has 2 amide bonds. The van der Waals surface area contributed by atoms with Crippen LogP contribution in [0.4, 0.5) is 16.4 Å². The number of aliphatic hydroxyl groups is 1. The average molecular weight is 2280 g/mol. The van der Waals surface area contributed by atoms with Gasteiger partial charge in [-0.1, -0.05) is 77.8 Å². The van der Waals surface area contributed by atoms with Crippen molar-refractivity contribution < 1.29 is 140 Å². The number of imidazole rings is 2. The molecule has 8 aliphatic rings. The van der Waals surface area contributed by atoms with Crippen LogP contribution in [0.2, 0.25) is 0 Å². The van der Waals surface area contributed by atoms with Crippen molar-refractivity contribution in [3.63, 3.8) is 0 Å². The smallest absolute Gasteiger partial charge is 0.330 e. The second-order valence-corrected chi connectivity index (χ2v) is 52.8. The van der Waals surface area contributed by atoms with Gasteiger partial charge < -0.3 is 160 Å². The van der Waals surface area contributed by atoms with Crippen molar-refractivity contribution in [2.75, 3.05) is 58.2 Å². The number of nitrogen functional groups attached to an aromatic ring is 2. The van der Waals surface area contributed by atoms with Crippen LogP contribution in [0.5, 0.6) is 0 Å². The third kappa shape index (κ3) is 26.0. The molecule has 8 aromatic rings. The lowest BCUT2D eigenvalue weighted by Gasteiger charge is -2.36. The van der Waals surface area contributed by atoms with Crippen molar-refractivity contribution in [2.45, 2.75) is 228 Å². The number of fused-ring (bicyclic) bond motifs is 2. The number of H-pyrrole nitrogens is 4. The van der Waals surface area contributed by atoms with Crippen LogP contribution in [0.1, 0.15) is 125 Å². The summed E-state index contributed by atoms with van der Waals surface area (Å²) in [6, 6.07) is -0.814. The predicted octanol–water partition coefficient (Wildman–Crippen LogP) is -2.63. The molecule has 0 spiro atoms. The summed E-state index contributed by atoms with van der Waals surface area (Å²) < 4.78 is 147. The Kier molecular flexibility index (Phi) is 34.2. The molecule has 29 atom stereocenters. The Morgan fingerprint density at radius 3 is 0.972 bits per heavy atom. The Morgan fingerprint density at radius 2 is 0.667 bits per heavy atom. The van der Waals surface area contributed by atoms with Gasteiger partial charge in [-0.25, -0.2) is 53.9 Å². The van der Waals surface area contributed by atoms with Gasteiger partial charge in [-0.05, 0) is 46.6 Å². The van der Waals surface area contributed by atoms with E-state index in [2.05, 4.69) is 55.2 Å². The molecule has 16 rings (SSSR count). The SMILES string of the molecule is CC[C@H]1O[C@@H](n2cnc3c(N)ncnc32)CC1OP([O-])(=S)OC[C@H]1O[C@@H](n2cc(C)c(=O)[nH]c2=O)CC1OP(=O)([S-])OC[C@H]1O[C@@H](n2cnc3c(N)ncnc32)CC1OP([O-])(=S)OC[C@H]1O[C@@H](n2cc(C)c(=O)[nH]c2=O)CC1OP([O-])(=S)OC[C@H]1O[C@@H](n2cc(C)c(=O)[nH]c2=O)CC1OP([O-])(=S)OC[C@H]1O[C@@H](n2cc(C)c(=O)[nH]c2=O)CC1OP([O-])(=S)OC[C@H]1O[C@@H](N2C=C(C)C(O)NC2=O)CC1OP([O-])(=S)OC. The van der Waals surface area contributed by atoms with Gasteiger partial charge in [-0.15, -0.1) is 0 Å². The third-order valence-electron chi connectivity index (χ3n) is 23.9. The van der Waals surface area contributed by atoms with E-state index in [9.17, 15) is 82.2 Å². The van der Waals surface area contributed by atoms with Crippen molar-refractivity contribution in [1.82, 2.24) is 87.5 Å². The van der Waals surface area contributed by atoms with E-state index < -0.39 is 292 Å². The first-order valence-corrected chi connectivity index (χ1v) is 61.2. The number of aromatic nitrogens is 16. The quantitative estimate of drug-likeness (QED) is 0.0143. The highest BCUT2D eigenvalue weighted by atomic mass is 32.7. The summed E-state index contributed by atoms with van der Waals surface area (Å²) in [4.78, 5) is 239. The fourth-order valence-electron chi connectivity index (χ4n) is 16.7. The van der Waals surface area contributed by atoms with Gasteiger partial charge in [0.25, 0.3) is 22.2 Å². The van der Waals surface area contributed by atoms with Crippen LogP contribution in [0.3, 0.4) is 0 Å². The zero-order valence-corrected chi connectivity index (χ0v) is 87.8. The van der Waals surface area contributed by atoms with Crippen LogP contribution in [-0.4, -0.2) is 238 Å². The van der Waals surface area contributed by atoms with Gasteiger partial charge in [0.1, 0.15) is 144 Å². The molecule has 7 saturated heterocycles.